The van der Waals surface area contributed by atoms with Gasteiger partial charge in [-0.25, -0.2) is 14.6 Å². The van der Waals surface area contributed by atoms with Crippen LogP contribution in [-0.2, 0) is 10.5 Å². The second kappa shape index (κ2) is 6.66. The summed E-state index contributed by atoms with van der Waals surface area (Å²) in [6.45, 7) is 1.96. The summed E-state index contributed by atoms with van der Waals surface area (Å²) in [7, 11) is 0. The summed E-state index contributed by atoms with van der Waals surface area (Å²) in [5.41, 5.74) is 1.06. The maximum atomic E-state index is 12.2. The number of nitrogens with zero attached hydrogens (tertiary/aromatic N) is 3. The van der Waals surface area contributed by atoms with E-state index in [1.54, 1.807) is 6.92 Å². The van der Waals surface area contributed by atoms with Crippen molar-refractivity contribution in [2.45, 2.75) is 17.7 Å². The minimum atomic E-state index is -0.531. The van der Waals surface area contributed by atoms with Crippen LogP contribution in [-0.4, -0.2) is 32.2 Å². The number of carbonyl (C=O) groups is 1. The zero-order valence-electron chi connectivity index (χ0n) is 12.4. The van der Waals surface area contributed by atoms with Crippen molar-refractivity contribution in [1.82, 2.24) is 19.6 Å². The van der Waals surface area contributed by atoms with Crippen LogP contribution < -0.4 is 5.69 Å². The molecule has 0 aliphatic heterocycles. The lowest BCUT2D eigenvalue weighted by Gasteiger charge is -2.02. The number of hydrogen-bond donors (Lipinski definition) is 1. The quantitative estimate of drug-likeness (QED) is 0.567. The molecule has 118 valence electrons. The number of fused-ring (bicyclic) bond motifs is 1. The first kappa shape index (κ1) is 15.3. The maximum absolute atomic E-state index is 12.2. The van der Waals surface area contributed by atoms with E-state index in [2.05, 4.69) is 15.1 Å². The highest BCUT2D eigenvalue weighted by Crippen LogP contribution is 2.27. The van der Waals surface area contributed by atoms with Gasteiger partial charge in [0.05, 0.1) is 12.9 Å². The van der Waals surface area contributed by atoms with E-state index in [1.807, 2.05) is 30.3 Å². The Morgan fingerprint density at radius 1 is 1.35 bits per heavy atom. The molecule has 0 bridgehead atoms. The average molecular weight is 330 g/mol. The molecule has 0 radical (unpaired) electrons. The lowest BCUT2D eigenvalue weighted by atomic mass is 10.2. The van der Waals surface area contributed by atoms with Gasteiger partial charge in [0.15, 0.2) is 5.65 Å². The number of rotatable bonds is 5. The Morgan fingerprint density at radius 2 is 2.13 bits per heavy atom. The van der Waals surface area contributed by atoms with Crippen molar-refractivity contribution in [1.29, 1.82) is 0 Å². The summed E-state index contributed by atoms with van der Waals surface area (Å²) < 4.78 is 6.15. The van der Waals surface area contributed by atoms with E-state index in [1.165, 1.54) is 18.1 Å². The van der Waals surface area contributed by atoms with Gasteiger partial charge in [0.1, 0.15) is 10.6 Å². The van der Waals surface area contributed by atoms with E-state index in [-0.39, 0.29) is 17.8 Å². The van der Waals surface area contributed by atoms with Crippen LogP contribution >= 0.6 is 11.8 Å². The molecule has 2 aromatic heterocycles. The zero-order chi connectivity index (χ0) is 16.2. The molecular weight excluding hydrogens is 316 g/mol. The molecule has 0 unspecified atom stereocenters. The summed E-state index contributed by atoms with van der Waals surface area (Å²) in [6, 6.07) is 9.79. The van der Waals surface area contributed by atoms with Crippen LogP contribution in [0.25, 0.3) is 5.65 Å². The van der Waals surface area contributed by atoms with Gasteiger partial charge in [0.25, 0.3) is 0 Å². The Bertz CT molecular complexity index is 889. The highest BCUT2D eigenvalue weighted by Gasteiger charge is 2.23. The predicted octanol–water partition coefficient (Wildman–Crippen LogP) is 1.89. The SMILES string of the molecule is CCOC(=O)c1c(SCc2ccccc2)nn2c(=O)[nH]cnc12. The largest absolute Gasteiger partial charge is 0.462 e. The Hall–Kier alpha value is -2.61. The molecule has 0 fully saturated rings. The first-order valence-electron chi connectivity index (χ1n) is 7.01. The van der Waals surface area contributed by atoms with Crippen molar-refractivity contribution < 1.29 is 9.53 Å². The fourth-order valence-electron chi connectivity index (χ4n) is 2.07. The number of ether oxygens (including phenoxy) is 1. The number of carbonyl (C=O) groups excluding carboxylic acids is 1. The number of aromatic nitrogens is 4. The van der Waals surface area contributed by atoms with E-state index in [0.29, 0.717) is 10.8 Å². The van der Waals surface area contributed by atoms with E-state index in [0.717, 1.165) is 10.1 Å². The second-order valence-electron chi connectivity index (χ2n) is 4.62. The monoisotopic (exact) mass is 330 g/mol. The molecule has 0 atom stereocenters. The van der Waals surface area contributed by atoms with Gasteiger partial charge in [-0.05, 0) is 12.5 Å². The summed E-state index contributed by atoms with van der Waals surface area (Å²) >= 11 is 1.36. The van der Waals surface area contributed by atoms with E-state index in [9.17, 15) is 9.59 Å². The van der Waals surface area contributed by atoms with Crippen molar-refractivity contribution in [3.05, 3.63) is 58.3 Å². The minimum Gasteiger partial charge on any atom is -0.462 e. The standard InChI is InChI=1S/C15H14N4O3S/c1-2-22-14(20)11-12-16-9-17-15(21)19(12)18-13(11)23-8-10-6-4-3-5-7-10/h3-7,9H,2,8H2,1H3,(H,16,17,21). The molecule has 23 heavy (non-hydrogen) atoms. The molecule has 7 nitrogen and oxygen atoms in total. The van der Waals surface area contributed by atoms with Gasteiger partial charge in [-0.2, -0.15) is 9.61 Å². The molecule has 3 aromatic rings. The first-order valence-corrected chi connectivity index (χ1v) is 7.99. The highest BCUT2D eigenvalue weighted by atomic mass is 32.2. The highest BCUT2D eigenvalue weighted by molar-refractivity contribution is 7.98. The smallest absolute Gasteiger partial charge is 0.349 e. The van der Waals surface area contributed by atoms with Gasteiger partial charge in [0.2, 0.25) is 0 Å². The second-order valence-corrected chi connectivity index (χ2v) is 5.58. The molecule has 0 aliphatic rings. The zero-order valence-corrected chi connectivity index (χ0v) is 13.2. The van der Waals surface area contributed by atoms with Gasteiger partial charge >= 0.3 is 11.7 Å². The van der Waals surface area contributed by atoms with Gasteiger partial charge in [-0.1, -0.05) is 42.1 Å². The van der Waals surface area contributed by atoms with Crippen LogP contribution in [0.5, 0.6) is 0 Å². The van der Waals surface area contributed by atoms with Gasteiger partial charge in [0, 0.05) is 5.75 Å². The number of H-pyrrole nitrogens is 1. The molecule has 0 saturated carbocycles. The lowest BCUT2D eigenvalue weighted by molar-refractivity contribution is 0.0524. The molecule has 3 rings (SSSR count). The molecule has 2 heterocycles. The number of thioether (sulfide) groups is 1. The third kappa shape index (κ3) is 3.11. The van der Waals surface area contributed by atoms with Crippen LogP contribution in [0.3, 0.4) is 0 Å². The third-order valence-electron chi connectivity index (χ3n) is 3.09. The molecule has 0 spiro atoms. The van der Waals surface area contributed by atoms with Crippen LogP contribution in [0.15, 0.2) is 46.5 Å². The molecule has 8 heteroatoms. The normalized spacial score (nSPS) is 10.8. The van der Waals surface area contributed by atoms with Gasteiger partial charge < -0.3 is 4.74 Å². The number of nitrogens with one attached hydrogen (secondary N) is 1. The number of esters is 1. The Morgan fingerprint density at radius 3 is 2.87 bits per heavy atom. The van der Waals surface area contributed by atoms with E-state index >= 15 is 0 Å². The lowest BCUT2D eigenvalue weighted by Crippen LogP contribution is -2.18. The molecular formula is C15H14N4O3S. The fourth-order valence-corrected chi connectivity index (χ4v) is 3.02. The molecule has 1 aromatic carbocycles. The van der Waals surface area contributed by atoms with Crippen molar-refractivity contribution >= 4 is 23.4 Å². The van der Waals surface area contributed by atoms with Crippen molar-refractivity contribution in [2.75, 3.05) is 6.61 Å². The Kier molecular flexibility index (Phi) is 4.42. The predicted molar refractivity (Wildman–Crippen MR) is 85.6 cm³/mol. The number of benzene rings is 1. The van der Waals surface area contributed by atoms with Crippen LogP contribution in [0.2, 0.25) is 0 Å². The number of aromatic amines is 1. The van der Waals surface area contributed by atoms with Gasteiger partial charge in [-0.15, -0.1) is 0 Å². The fraction of sp³-hybridized carbons (Fsp3) is 0.200. The van der Waals surface area contributed by atoms with E-state index in [4.69, 9.17) is 4.74 Å². The number of hydrogen-bond acceptors (Lipinski definition) is 6. The molecule has 0 saturated heterocycles. The third-order valence-corrected chi connectivity index (χ3v) is 4.13. The van der Waals surface area contributed by atoms with Gasteiger partial charge in [-0.3, -0.25) is 4.98 Å². The summed E-state index contributed by atoms with van der Waals surface area (Å²) in [5, 5.41) is 4.63. The van der Waals surface area contributed by atoms with Crippen LogP contribution in [0, 0.1) is 0 Å². The molecule has 0 amide bonds. The minimum absolute atomic E-state index is 0.197. The van der Waals surface area contributed by atoms with Crippen molar-refractivity contribution in [3.8, 4) is 0 Å². The molecule has 1 N–H and O–H groups in total. The molecule has 0 aliphatic carbocycles. The van der Waals surface area contributed by atoms with Crippen molar-refractivity contribution in [2.24, 2.45) is 0 Å². The average Bonchev–Trinajstić information content (AvgIpc) is 2.94. The summed E-state index contributed by atoms with van der Waals surface area (Å²) in [6.07, 6.45) is 1.24. The van der Waals surface area contributed by atoms with Crippen LogP contribution in [0.1, 0.15) is 22.8 Å². The summed E-state index contributed by atoms with van der Waals surface area (Å²) in [5.74, 6) is 0.0887. The Labute approximate surface area is 135 Å². The summed E-state index contributed by atoms with van der Waals surface area (Å²) in [4.78, 5) is 30.5. The Balaban J connectivity index is 2.01. The first-order chi connectivity index (χ1) is 11.2. The maximum Gasteiger partial charge on any atom is 0.349 e. The van der Waals surface area contributed by atoms with Crippen LogP contribution in [0.4, 0.5) is 0 Å². The van der Waals surface area contributed by atoms with Crippen molar-refractivity contribution in [3.63, 3.8) is 0 Å². The van der Waals surface area contributed by atoms with E-state index < -0.39 is 11.7 Å². The topological polar surface area (TPSA) is 89.3 Å².